The van der Waals surface area contributed by atoms with Crippen LogP contribution >= 0.6 is 0 Å². The number of rotatable bonds is 1. The third kappa shape index (κ3) is 1.93. The second-order valence-electron chi connectivity index (χ2n) is 8.86. The average molecular weight is 312 g/mol. The van der Waals surface area contributed by atoms with Crippen LogP contribution in [0.15, 0.2) is 23.3 Å². The molecular formula is C21H28O2. The van der Waals surface area contributed by atoms with E-state index in [1.807, 2.05) is 6.08 Å². The standard InChI is InChI=1S/C21H28O2/c1-13(22)19-18(23)12-17-15-8-7-14-6-4-5-10-20(14,2)16(15)9-11-21(17,19)3/h8,12,14,16,19H,4-7,9-11H2,1-3H3/t14?,16-,19-,20-,21-/m0/s1. The van der Waals surface area contributed by atoms with E-state index in [1.165, 1.54) is 36.8 Å². The molecule has 2 saturated carbocycles. The Hall–Kier alpha value is -1.18. The molecule has 2 fully saturated rings. The predicted octanol–water partition coefficient (Wildman–Crippen LogP) is 4.64. The van der Waals surface area contributed by atoms with Gasteiger partial charge in [0.25, 0.3) is 0 Å². The van der Waals surface area contributed by atoms with E-state index >= 15 is 0 Å². The monoisotopic (exact) mass is 312 g/mol. The van der Waals surface area contributed by atoms with Gasteiger partial charge >= 0.3 is 0 Å². The smallest absolute Gasteiger partial charge is 0.167 e. The highest BCUT2D eigenvalue weighted by molar-refractivity contribution is 6.11. The molecule has 0 aliphatic heterocycles. The molecule has 4 aliphatic rings. The quantitative estimate of drug-likeness (QED) is 0.661. The topological polar surface area (TPSA) is 34.1 Å². The minimum absolute atomic E-state index is 0.0420. The van der Waals surface area contributed by atoms with Crippen LogP contribution < -0.4 is 0 Å². The first-order chi connectivity index (χ1) is 10.9. The van der Waals surface area contributed by atoms with Gasteiger partial charge in [0.15, 0.2) is 5.78 Å². The lowest BCUT2D eigenvalue weighted by molar-refractivity contribution is -0.132. The Morgan fingerprint density at radius 1 is 1.17 bits per heavy atom. The van der Waals surface area contributed by atoms with Crippen LogP contribution in [0.1, 0.15) is 65.7 Å². The maximum absolute atomic E-state index is 12.5. The van der Waals surface area contributed by atoms with Crippen LogP contribution in [-0.2, 0) is 9.59 Å². The highest BCUT2D eigenvalue weighted by Gasteiger charge is 2.57. The molecule has 2 nitrogen and oxygen atoms in total. The molecule has 0 radical (unpaired) electrons. The third-order valence-corrected chi connectivity index (χ3v) is 7.74. The van der Waals surface area contributed by atoms with Crippen molar-refractivity contribution in [2.75, 3.05) is 0 Å². The Morgan fingerprint density at radius 3 is 2.70 bits per heavy atom. The van der Waals surface area contributed by atoms with Gasteiger partial charge in [0.2, 0.25) is 0 Å². The predicted molar refractivity (Wildman–Crippen MR) is 90.9 cm³/mol. The van der Waals surface area contributed by atoms with Gasteiger partial charge in [-0.2, -0.15) is 0 Å². The second-order valence-corrected chi connectivity index (χ2v) is 8.86. The molecule has 0 aromatic heterocycles. The summed E-state index contributed by atoms with van der Waals surface area (Å²) in [7, 11) is 0. The van der Waals surface area contributed by atoms with Gasteiger partial charge in [-0.05, 0) is 73.5 Å². The second kappa shape index (κ2) is 4.91. The average Bonchev–Trinajstić information content (AvgIpc) is 2.77. The number of ketones is 2. The van der Waals surface area contributed by atoms with Gasteiger partial charge in [0.1, 0.15) is 5.78 Å². The zero-order valence-electron chi connectivity index (χ0n) is 14.7. The van der Waals surface area contributed by atoms with Gasteiger partial charge in [-0.3, -0.25) is 9.59 Å². The van der Waals surface area contributed by atoms with Crippen molar-refractivity contribution in [3.63, 3.8) is 0 Å². The van der Waals surface area contributed by atoms with Crippen molar-refractivity contribution in [3.05, 3.63) is 23.3 Å². The lowest BCUT2D eigenvalue weighted by atomic mass is 9.49. The molecule has 4 rings (SSSR count). The van der Waals surface area contributed by atoms with Gasteiger partial charge in [-0.1, -0.05) is 32.8 Å². The number of carbonyl (C=O) groups is 2. The summed E-state index contributed by atoms with van der Waals surface area (Å²) in [5.74, 6) is 1.07. The molecule has 0 N–H and O–H groups in total. The molecular weight excluding hydrogens is 284 g/mol. The molecule has 0 saturated heterocycles. The van der Waals surface area contributed by atoms with Crippen molar-refractivity contribution >= 4 is 11.6 Å². The van der Waals surface area contributed by atoms with Crippen molar-refractivity contribution in [1.29, 1.82) is 0 Å². The first kappa shape index (κ1) is 15.4. The van der Waals surface area contributed by atoms with Crippen molar-refractivity contribution in [2.45, 2.75) is 65.7 Å². The molecule has 4 aliphatic carbocycles. The maximum Gasteiger partial charge on any atom is 0.167 e. The van der Waals surface area contributed by atoms with Gasteiger partial charge in [-0.25, -0.2) is 0 Å². The minimum Gasteiger partial charge on any atom is -0.299 e. The van der Waals surface area contributed by atoms with E-state index in [9.17, 15) is 9.59 Å². The van der Waals surface area contributed by atoms with E-state index in [-0.39, 0.29) is 17.0 Å². The van der Waals surface area contributed by atoms with E-state index < -0.39 is 5.92 Å². The lowest BCUT2D eigenvalue weighted by Crippen LogP contribution is -2.46. The van der Waals surface area contributed by atoms with Crippen LogP contribution in [0.3, 0.4) is 0 Å². The minimum atomic E-state index is -0.434. The summed E-state index contributed by atoms with van der Waals surface area (Å²) in [6, 6.07) is 0. The molecule has 23 heavy (non-hydrogen) atoms. The fourth-order valence-corrected chi connectivity index (χ4v) is 6.47. The first-order valence-corrected chi connectivity index (χ1v) is 9.35. The molecule has 124 valence electrons. The normalized spacial score (nSPS) is 45.5. The molecule has 0 amide bonds. The summed E-state index contributed by atoms with van der Waals surface area (Å²) >= 11 is 0. The summed E-state index contributed by atoms with van der Waals surface area (Å²) in [4.78, 5) is 24.6. The molecule has 0 bridgehead atoms. The Labute approximate surface area is 139 Å². The number of hydrogen-bond donors (Lipinski definition) is 0. The van der Waals surface area contributed by atoms with Crippen molar-refractivity contribution in [2.24, 2.45) is 28.6 Å². The molecule has 0 aromatic rings. The van der Waals surface area contributed by atoms with Gasteiger partial charge in [-0.15, -0.1) is 0 Å². The summed E-state index contributed by atoms with van der Waals surface area (Å²) in [6.07, 6.45) is 13.0. The molecule has 0 spiro atoms. The Bertz CT molecular complexity index is 640. The zero-order chi connectivity index (χ0) is 16.4. The van der Waals surface area contributed by atoms with Crippen molar-refractivity contribution in [1.82, 2.24) is 0 Å². The summed E-state index contributed by atoms with van der Waals surface area (Å²) in [6.45, 7) is 6.24. The lowest BCUT2D eigenvalue weighted by Gasteiger charge is -2.55. The molecule has 0 aromatic carbocycles. The van der Waals surface area contributed by atoms with Crippen LogP contribution in [-0.4, -0.2) is 11.6 Å². The number of Topliss-reactive ketones (excluding diaryl/α,β-unsaturated/α-hetero) is 1. The molecule has 1 unspecified atom stereocenters. The number of carbonyl (C=O) groups excluding carboxylic acids is 2. The SMILES string of the molecule is CC(=O)[C@H]1C(=O)C=C2C3=CCC4CCCC[C@]4(C)[C@H]3CC[C@@]21C. The van der Waals surface area contributed by atoms with Crippen molar-refractivity contribution in [3.8, 4) is 0 Å². The first-order valence-electron chi connectivity index (χ1n) is 9.35. The van der Waals surface area contributed by atoms with E-state index in [2.05, 4.69) is 19.9 Å². The van der Waals surface area contributed by atoms with Crippen LogP contribution in [0.2, 0.25) is 0 Å². The highest BCUT2D eigenvalue weighted by Crippen LogP contribution is 2.63. The van der Waals surface area contributed by atoms with Gasteiger partial charge < -0.3 is 0 Å². The molecule has 5 atom stereocenters. The fourth-order valence-electron chi connectivity index (χ4n) is 6.47. The summed E-state index contributed by atoms with van der Waals surface area (Å²) in [5.41, 5.74) is 2.80. The van der Waals surface area contributed by atoms with E-state index in [0.29, 0.717) is 11.3 Å². The number of allylic oxidation sites excluding steroid dienone is 4. The largest absolute Gasteiger partial charge is 0.299 e. The van der Waals surface area contributed by atoms with E-state index in [0.717, 1.165) is 25.2 Å². The Balaban J connectivity index is 1.77. The van der Waals surface area contributed by atoms with Gasteiger partial charge in [0, 0.05) is 5.41 Å². The van der Waals surface area contributed by atoms with Crippen LogP contribution in [0.25, 0.3) is 0 Å². The van der Waals surface area contributed by atoms with E-state index in [4.69, 9.17) is 0 Å². The van der Waals surface area contributed by atoms with Crippen LogP contribution in [0.5, 0.6) is 0 Å². The molecule has 0 heterocycles. The summed E-state index contributed by atoms with van der Waals surface area (Å²) in [5, 5.41) is 0. The van der Waals surface area contributed by atoms with E-state index in [1.54, 1.807) is 6.92 Å². The maximum atomic E-state index is 12.5. The number of fused-ring (bicyclic) bond motifs is 5. The number of hydrogen-bond acceptors (Lipinski definition) is 2. The van der Waals surface area contributed by atoms with Crippen LogP contribution in [0.4, 0.5) is 0 Å². The third-order valence-electron chi connectivity index (χ3n) is 7.74. The van der Waals surface area contributed by atoms with Gasteiger partial charge in [0.05, 0.1) is 5.92 Å². The Morgan fingerprint density at radius 2 is 1.96 bits per heavy atom. The van der Waals surface area contributed by atoms with Crippen molar-refractivity contribution < 1.29 is 9.59 Å². The zero-order valence-corrected chi connectivity index (χ0v) is 14.7. The fraction of sp³-hybridized carbons (Fsp3) is 0.714. The molecule has 2 heteroatoms. The highest BCUT2D eigenvalue weighted by atomic mass is 16.1. The Kier molecular flexibility index (Phi) is 3.28. The summed E-state index contributed by atoms with van der Waals surface area (Å²) < 4.78 is 0. The van der Waals surface area contributed by atoms with Crippen LogP contribution in [0, 0.1) is 28.6 Å².